The minimum absolute atomic E-state index is 0.163. The number of urea groups is 1. The number of ether oxygens (including phenoxy) is 1. The second-order valence-corrected chi connectivity index (χ2v) is 6.01. The maximum absolute atomic E-state index is 11.6. The molecule has 1 aromatic carbocycles. The van der Waals surface area contributed by atoms with E-state index in [0.717, 1.165) is 34.8 Å². The molecule has 19 heavy (non-hydrogen) atoms. The van der Waals surface area contributed by atoms with Gasteiger partial charge in [-0.25, -0.2) is 4.79 Å². The van der Waals surface area contributed by atoms with Crippen molar-refractivity contribution in [3.8, 4) is 0 Å². The van der Waals surface area contributed by atoms with Crippen LogP contribution >= 0.6 is 22.6 Å². The molecule has 5 heteroatoms. The van der Waals surface area contributed by atoms with E-state index in [-0.39, 0.29) is 6.03 Å². The molecule has 0 spiro atoms. The number of hydrogen-bond acceptors (Lipinski definition) is 2. The fourth-order valence-electron chi connectivity index (χ4n) is 1.65. The Morgan fingerprint density at radius 3 is 3.00 bits per heavy atom. The summed E-state index contributed by atoms with van der Waals surface area (Å²) in [5.74, 6) is 0.803. The van der Waals surface area contributed by atoms with Crippen molar-refractivity contribution in [3.63, 3.8) is 0 Å². The first kappa shape index (κ1) is 14.6. The molecule has 0 bridgehead atoms. The number of nitrogens with one attached hydrogen (secondary N) is 2. The van der Waals surface area contributed by atoms with Gasteiger partial charge in [-0.1, -0.05) is 6.07 Å². The Labute approximate surface area is 127 Å². The van der Waals surface area contributed by atoms with E-state index < -0.39 is 0 Å². The van der Waals surface area contributed by atoms with Crippen LogP contribution in [0.5, 0.6) is 0 Å². The SMILES string of the molecule is O=C(NCCCOCC1CC1)Nc1cccc(I)c1. The van der Waals surface area contributed by atoms with E-state index in [9.17, 15) is 4.79 Å². The number of halogens is 1. The average Bonchev–Trinajstić information content (AvgIpc) is 3.17. The Kier molecular flexibility index (Phi) is 5.91. The fraction of sp³-hybridized carbons (Fsp3) is 0.500. The molecule has 104 valence electrons. The molecule has 0 aliphatic heterocycles. The second-order valence-electron chi connectivity index (χ2n) is 4.76. The van der Waals surface area contributed by atoms with Crippen LogP contribution in [0.1, 0.15) is 19.3 Å². The van der Waals surface area contributed by atoms with Crippen LogP contribution in [-0.4, -0.2) is 25.8 Å². The molecule has 4 nitrogen and oxygen atoms in total. The van der Waals surface area contributed by atoms with Gasteiger partial charge in [-0.15, -0.1) is 0 Å². The predicted octanol–water partition coefficient (Wildman–Crippen LogP) is 3.23. The van der Waals surface area contributed by atoms with E-state index in [1.165, 1.54) is 12.8 Å². The average molecular weight is 374 g/mol. The van der Waals surface area contributed by atoms with Gasteiger partial charge in [-0.3, -0.25) is 0 Å². The van der Waals surface area contributed by atoms with E-state index in [1.54, 1.807) is 0 Å². The van der Waals surface area contributed by atoms with Gasteiger partial charge in [0.15, 0.2) is 0 Å². The molecule has 1 aromatic rings. The van der Waals surface area contributed by atoms with Crippen LogP contribution in [0.15, 0.2) is 24.3 Å². The normalized spacial score (nSPS) is 14.2. The molecule has 0 saturated heterocycles. The summed E-state index contributed by atoms with van der Waals surface area (Å²) in [6.07, 6.45) is 3.49. The summed E-state index contributed by atoms with van der Waals surface area (Å²) in [6.45, 7) is 2.25. The molecule has 1 fully saturated rings. The van der Waals surface area contributed by atoms with Crippen molar-refractivity contribution < 1.29 is 9.53 Å². The Bertz CT molecular complexity index is 422. The first-order chi connectivity index (χ1) is 9.24. The lowest BCUT2D eigenvalue weighted by Gasteiger charge is -2.08. The third-order valence-corrected chi connectivity index (χ3v) is 3.55. The van der Waals surface area contributed by atoms with Gasteiger partial charge >= 0.3 is 6.03 Å². The molecule has 2 N–H and O–H groups in total. The summed E-state index contributed by atoms with van der Waals surface area (Å²) in [6, 6.07) is 7.55. The van der Waals surface area contributed by atoms with Gasteiger partial charge in [0.2, 0.25) is 0 Å². The molecule has 1 aliphatic rings. The molecule has 1 saturated carbocycles. The molecular weight excluding hydrogens is 355 g/mol. The van der Waals surface area contributed by atoms with Gasteiger partial charge in [-0.2, -0.15) is 0 Å². The molecular formula is C14H19IN2O2. The molecule has 2 rings (SSSR count). The lowest BCUT2D eigenvalue weighted by Crippen LogP contribution is -2.30. The van der Waals surface area contributed by atoms with Crippen LogP contribution in [0, 0.1) is 9.49 Å². The van der Waals surface area contributed by atoms with Gasteiger partial charge in [0, 0.05) is 29.0 Å². The van der Waals surface area contributed by atoms with Gasteiger partial charge in [0.05, 0.1) is 0 Å². The number of rotatable bonds is 7. The minimum atomic E-state index is -0.163. The van der Waals surface area contributed by atoms with Gasteiger partial charge in [-0.05, 0) is 66.0 Å². The minimum Gasteiger partial charge on any atom is -0.381 e. The maximum atomic E-state index is 11.6. The standard InChI is InChI=1S/C14H19IN2O2/c15-12-3-1-4-13(9-12)17-14(18)16-7-2-8-19-10-11-5-6-11/h1,3-4,9,11H,2,5-8,10H2,(H2,16,17,18). The van der Waals surface area contributed by atoms with E-state index in [2.05, 4.69) is 33.2 Å². The monoisotopic (exact) mass is 374 g/mol. The van der Waals surface area contributed by atoms with Crippen LogP contribution in [0.4, 0.5) is 10.5 Å². The van der Waals surface area contributed by atoms with Crippen molar-refractivity contribution >= 4 is 34.3 Å². The van der Waals surface area contributed by atoms with Gasteiger partial charge < -0.3 is 15.4 Å². The third-order valence-electron chi connectivity index (χ3n) is 2.88. The zero-order valence-corrected chi connectivity index (χ0v) is 13.0. The molecule has 1 aliphatic carbocycles. The van der Waals surface area contributed by atoms with Crippen molar-refractivity contribution in [2.24, 2.45) is 5.92 Å². The second kappa shape index (κ2) is 7.69. The summed E-state index contributed by atoms with van der Waals surface area (Å²) in [5.41, 5.74) is 0.814. The highest BCUT2D eigenvalue weighted by Crippen LogP contribution is 2.28. The Balaban J connectivity index is 1.53. The number of anilines is 1. The predicted molar refractivity (Wildman–Crippen MR) is 84.3 cm³/mol. The first-order valence-corrected chi connectivity index (χ1v) is 7.70. The smallest absolute Gasteiger partial charge is 0.319 e. The number of hydrogen-bond donors (Lipinski definition) is 2. The highest BCUT2D eigenvalue weighted by atomic mass is 127. The van der Waals surface area contributed by atoms with Crippen molar-refractivity contribution in [1.29, 1.82) is 0 Å². The molecule has 0 aromatic heterocycles. The largest absolute Gasteiger partial charge is 0.381 e. The highest BCUT2D eigenvalue weighted by Gasteiger charge is 2.20. The van der Waals surface area contributed by atoms with Crippen LogP contribution in [0.3, 0.4) is 0 Å². The van der Waals surface area contributed by atoms with Gasteiger partial charge in [0.1, 0.15) is 0 Å². The van der Waals surface area contributed by atoms with Crippen molar-refractivity contribution in [2.45, 2.75) is 19.3 Å². The van der Waals surface area contributed by atoms with E-state index in [1.807, 2.05) is 24.3 Å². The summed E-state index contributed by atoms with van der Waals surface area (Å²) in [4.78, 5) is 11.6. The fourth-order valence-corrected chi connectivity index (χ4v) is 2.20. The first-order valence-electron chi connectivity index (χ1n) is 6.62. The summed E-state index contributed by atoms with van der Waals surface area (Å²) in [5, 5.41) is 5.63. The lowest BCUT2D eigenvalue weighted by atomic mass is 10.3. The van der Waals surface area contributed by atoms with Gasteiger partial charge in [0.25, 0.3) is 0 Å². The van der Waals surface area contributed by atoms with Crippen LogP contribution < -0.4 is 10.6 Å². The molecule has 0 unspecified atom stereocenters. The number of carbonyl (C=O) groups excluding carboxylic acids is 1. The van der Waals surface area contributed by atoms with Crippen LogP contribution in [0.2, 0.25) is 0 Å². The van der Waals surface area contributed by atoms with Crippen molar-refractivity contribution in [1.82, 2.24) is 5.32 Å². The van der Waals surface area contributed by atoms with E-state index in [4.69, 9.17) is 4.74 Å². The number of amides is 2. The zero-order chi connectivity index (χ0) is 13.5. The Morgan fingerprint density at radius 2 is 2.26 bits per heavy atom. The maximum Gasteiger partial charge on any atom is 0.319 e. The third kappa shape index (κ3) is 6.24. The Hall–Kier alpha value is -0.820. The number of benzene rings is 1. The van der Waals surface area contributed by atoms with Crippen LogP contribution in [-0.2, 0) is 4.74 Å². The van der Waals surface area contributed by atoms with Crippen LogP contribution in [0.25, 0.3) is 0 Å². The summed E-state index contributed by atoms with van der Waals surface area (Å²) < 4.78 is 6.60. The molecule has 2 amide bonds. The molecule has 0 heterocycles. The summed E-state index contributed by atoms with van der Waals surface area (Å²) >= 11 is 2.22. The topological polar surface area (TPSA) is 50.4 Å². The highest BCUT2D eigenvalue weighted by molar-refractivity contribution is 14.1. The quantitative estimate of drug-likeness (QED) is 0.569. The molecule has 0 radical (unpaired) electrons. The van der Waals surface area contributed by atoms with Crippen molar-refractivity contribution in [2.75, 3.05) is 25.1 Å². The lowest BCUT2D eigenvalue weighted by molar-refractivity contribution is 0.122. The van der Waals surface area contributed by atoms with E-state index >= 15 is 0 Å². The zero-order valence-electron chi connectivity index (χ0n) is 10.8. The number of carbonyl (C=O) groups is 1. The van der Waals surface area contributed by atoms with E-state index in [0.29, 0.717) is 6.54 Å². The molecule has 0 atom stereocenters. The summed E-state index contributed by atoms with van der Waals surface area (Å²) in [7, 11) is 0. The Morgan fingerprint density at radius 1 is 1.42 bits per heavy atom. The van der Waals surface area contributed by atoms with Crippen molar-refractivity contribution in [3.05, 3.63) is 27.8 Å².